The highest BCUT2D eigenvalue weighted by Gasteiger charge is 2.27. The first-order valence-corrected chi connectivity index (χ1v) is 10.5. The Bertz CT molecular complexity index is 980. The summed E-state index contributed by atoms with van der Waals surface area (Å²) in [7, 11) is 0. The van der Waals surface area contributed by atoms with E-state index in [9.17, 15) is 13.6 Å². The smallest absolute Gasteiger partial charge is 0.259 e. The number of amides is 1. The molecule has 2 heterocycles. The number of hydrogen-bond acceptors (Lipinski definition) is 5. The van der Waals surface area contributed by atoms with Gasteiger partial charge in [-0.25, -0.2) is 13.8 Å². The van der Waals surface area contributed by atoms with Gasteiger partial charge in [-0.2, -0.15) is 0 Å². The van der Waals surface area contributed by atoms with Gasteiger partial charge < -0.3 is 9.80 Å². The number of aromatic nitrogens is 1. The molecule has 27 heavy (non-hydrogen) atoms. The molecule has 0 bridgehead atoms. The fourth-order valence-electron chi connectivity index (χ4n) is 3.12. The van der Waals surface area contributed by atoms with Crippen molar-refractivity contribution in [1.29, 1.82) is 0 Å². The van der Waals surface area contributed by atoms with Gasteiger partial charge in [-0.15, -0.1) is 11.8 Å². The van der Waals surface area contributed by atoms with Crippen LogP contribution in [0.5, 0.6) is 0 Å². The lowest BCUT2D eigenvalue weighted by molar-refractivity contribution is 0.0737. The van der Waals surface area contributed by atoms with Crippen LogP contribution < -0.4 is 4.90 Å². The molecule has 3 aromatic rings. The lowest BCUT2D eigenvalue weighted by Gasteiger charge is -2.34. The first-order chi connectivity index (χ1) is 13.1. The monoisotopic (exact) mass is 405 g/mol. The quantitative estimate of drug-likeness (QED) is 0.610. The van der Waals surface area contributed by atoms with Gasteiger partial charge in [0.1, 0.15) is 17.2 Å². The SMILES string of the molecule is CSc1ccc2nc(N3CCN(C(=O)c4c(F)cccc4F)CC3)sc2c1. The average molecular weight is 405 g/mol. The lowest BCUT2D eigenvalue weighted by atomic mass is 10.1. The van der Waals surface area contributed by atoms with Crippen molar-refractivity contribution in [2.45, 2.75) is 4.90 Å². The van der Waals surface area contributed by atoms with Gasteiger partial charge >= 0.3 is 0 Å². The number of piperazine rings is 1. The summed E-state index contributed by atoms with van der Waals surface area (Å²) in [4.78, 5) is 22.0. The van der Waals surface area contributed by atoms with Crippen molar-refractivity contribution in [1.82, 2.24) is 9.88 Å². The number of rotatable bonds is 3. The zero-order chi connectivity index (χ0) is 19.0. The van der Waals surface area contributed by atoms with E-state index >= 15 is 0 Å². The summed E-state index contributed by atoms with van der Waals surface area (Å²) in [5.41, 5.74) is 0.482. The minimum Gasteiger partial charge on any atom is -0.345 e. The summed E-state index contributed by atoms with van der Waals surface area (Å²) in [6.07, 6.45) is 2.04. The number of thiazole rings is 1. The molecule has 1 saturated heterocycles. The summed E-state index contributed by atoms with van der Waals surface area (Å²) >= 11 is 3.31. The minimum atomic E-state index is -0.821. The number of hydrogen-bond donors (Lipinski definition) is 0. The Morgan fingerprint density at radius 2 is 1.81 bits per heavy atom. The van der Waals surface area contributed by atoms with E-state index in [-0.39, 0.29) is 0 Å². The van der Waals surface area contributed by atoms with Crippen LogP contribution in [-0.4, -0.2) is 48.2 Å². The van der Waals surface area contributed by atoms with Crippen molar-refractivity contribution in [2.75, 3.05) is 37.3 Å². The molecule has 1 aliphatic heterocycles. The molecular weight excluding hydrogens is 388 g/mol. The van der Waals surface area contributed by atoms with Crippen molar-refractivity contribution in [2.24, 2.45) is 0 Å². The van der Waals surface area contributed by atoms with Crippen LogP contribution in [0.25, 0.3) is 10.2 Å². The number of benzene rings is 2. The van der Waals surface area contributed by atoms with Crippen molar-refractivity contribution < 1.29 is 13.6 Å². The maximum atomic E-state index is 13.9. The van der Waals surface area contributed by atoms with Gasteiger partial charge in [-0.3, -0.25) is 4.79 Å². The topological polar surface area (TPSA) is 36.4 Å². The number of halogens is 2. The van der Waals surface area contributed by atoms with Crippen LogP contribution in [0.4, 0.5) is 13.9 Å². The molecule has 1 amide bonds. The average Bonchev–Trinajstić information content (AvgIpc) is 3.11. The van der Waals surface area contributed by atoms with Crippen molar-refractivity contribution >= 4 is 44.4 Å². The van der Waals surface area contributed by atoms with Crippen LogP contribution in [0.2, 0.25) is 0 Å². The van der Waals surface area contributed by atoms with E-state index in [0.29, 0.717) is 26.2 Å². The molecular formula is C19H17F2N3OS2. The minimum absolute atomic E-state index is 0.401. The van der Waals surface area contributed by atoms with E-state index in [4.69, 9.17) is 0 Å². The van der Waals surface area contributed by atoms with E-state index in [1.165, 1.54) is 15.9 Å². The molecule has 0 N–H and O–H groups in total. The number of carbonyl (C=O) groups excluding carboxylic acids is 1. The molecule has 8 heteroatoms. The standard InChI is InChI=1S/C19H17F2N3OS2/c1-26-12-5-6-15-16(11-12)27-19(22-15)24-9-7-23(8-10-24)18(25)17-13(20)3-2-4-14(17)21/h2-6,11H,7-10H2,1H3. The first kappa shape index (κ1) is 18.2. The Hall–Kier alpha value is -2.19. The molecule has 1 fully saturated rings. The van der Waals surface area contributed by atoms with Crippen LogP contribution in [0.1, 0.15) is 10.4 Å². The van der Waals surface area contributed by atoms with Gasteiger partial charge in [-0.1, -0.05) is 17.4 Å². The number of fused-ring (bicyclic) bond motifs is 1. The van der Waals surface area contributed by atoms with Gasteiger partial charge in [0, 0.05) is 31.1 Å². The summed E-state index contributed by atoms with van der Waals surface area (Å²) in [5, 5.41) is 0.910. The molecule has 2 aromatic carbocycles. The van der Waals surface area contributed by atoms with Crippen LogP contribution in [-0.2, 0) is 0 Å². The number of thioether (sulfide) groups is 1. The van der Waals surface area contributed by atoms with Crippen LogP contribution in [0, 0.1) is 11.6 Å². The van der Waals surface area contributed by atoms with Crippen LogP contribution in [0.15, 0.2) is 41.3 Å². The molecule has 4 nitrogen and oxygen atoms in total. The molecule has 0 spiro atoms. The molecule has 1 aliphatic rings. The molecule has 140 valence electrons. The Morgan fingerprint density at radius 1 is 1.11 bits per heavy atom. The van der Waals surface area contributed by atoms with Gasteiger partial charge in [0.25, 0.3) is 5.91 Å². The van der Waals surface area contributed by atoms with Gasteiger partial charge in [0.2, 0.25) is 0 Å². The number of nitrogens with zero attached hydrogens (tertiary/aromatic N) is 3. The summed E-state index contributed by atoms with van der Waals surface area (Å²) in [6.45, 7) is 1.96. The molecule has 0 radical (unpaired) electrons. The summed E-state index contributed by atoms with van der Waals surface area (Å²) in [5.74, 6) is -2.24. The molecule has 0 unspecified atom stereocenters. The molecule has 1 aromatic heterocycles. The van der Waals surface area contributed by atoms with E-state index in [1.807, 2.05) is 12.3 Å². The van der Waals surface area contributed by atoms with E-state index < -0.39 is 23.1 Å². The maximum Gasteiger partial charge on any atom is 0.259 e. The third kappa shape index (κ3) is 3.51. The molecule has 0 aliphatic carbocycles. The Balaban J connectivity index is 1.48. The predicted octanol–water partition coefficient (Wildman–Crippen LogP) is 4.26. The summed E-state index contributed by atoms with van der Waals surface area (Å²) < 4.78 is 28.9. The lowest BCUT2D eigenvalue weighted by Crippen LogP contribution is -2.49. The third-order valence-corrected chi connectivity index (χ3v) is 6.40. The zero-order valence-electron chi connectivity index (χ0n) is 14.6. The highest BCUT2D eigenvalue weighted by atomic mass is 32.2. The third-order valence-electron chi connectivity index (χ3n) is 4.60. The van der Waals surface area contributed by atoms with Gasteiger partial charge in [0.05, 0.1) is 10.2 Å². The largest absolute Gasteiger partial charge is 0.345 e. The molecule has 4 rings (SSSR count). The normalized spacial score (nSPS) is 14.8. The highest BCUT2D eigenvalue weighted by Crippen LogP contribution is 2.32. The first-order valence-electron chi connectivity index (χ1n) is 8.49. The second-order valence-electron chi connectivity index (χ2n) is 6.21. The molecule has 0 atom stereocenters. The van der Waals surface area contributed by atoms with E-state index in [0.717, 1.165) is 27.5 Å². The van der Waals surface area contributed by atoms with E-state index in [1.54, 1.807) is 23.1 Å². The van der Waals surface area contributed by atoms with E-state index in [2.05, 4.69) is 22.0 Å². The van der Waals surface area contributed by atoms with Crippen LogP contribution >= 0.6 is 23.1 Å². The van der Waals surface area contributed by atoms with Crippen LogP contribution in [0.3, 0.4) is 0 Å². The highest BCUT2D eigenvalue weighted by molar-refractivity contribution is 7.98. The number of carbonyl (C=O) groups is 1. The fourth-order valence-corrected chi connectivity index (χ4v) is 4.69. The summed E-state index contributed by atoms with van der Waals surface area (Å²) in [6, 6.07) is 9.67. The van der Waals surface area contributed by atoms with Crippen molar-refractivity contribution in [3.05, 3.63) is 53.6 Å². The van der Waals surface area contributed by atoms with Crippen molar-refractivity contribution in [3.8, 4) is 0 Å². The second-order valence-corrected chi connectivity index (χ2v) is 8.09. The second kappa shape index (κ2) is 7.44. The molecule has 0 saturated carbocycles. The van der Waals surface area contributed by atoms with Gasteiger partial charge in [0.15, 0.2) is 5.13 Å². The number of anilines is 1. The zero-order valence-corrected chi connectivity index (χ0v) is 16.2. The van der Waals surface area contributed by atoms with Gasteiger partial charge in [-0.05, 0) is 36.6 Å². The maximum absolute atomic E-state index is 13.9. The Kier molecular flexibility index (Phi) is 5.01. The Morgan fingerprint density at radius 3 is 2.48 bits per heavy atom. The Labute approximate surface area is 163 Å². The fraction of sp³-hybridized carbons (Fsp3) is 0.263. The van der Waals surface area contributed by atoms with Crippen molar-refractivity contribution in [3.63, 3.8) is 0 Å². The predicted molar refractivity (Wildman–Crippen MR) is 106 cm³/mol.